The zero-order valence-corrected chi connectivity index (χ0v) is 11.6. The molecule has 1 atom stereocenters. The number of amides is 1. The number of nitrogens with one attached hydrogen (secondary N) is 1. The van der Waals surface area contributed by atoms with E-state index in [1.54, 1.807) is 12.1 Å². The van der Waals surface area contributed by atoms with Crippen molar-refractivity contribution in [1.29, 1.82) is 0 Å². The molecule has 4 heteroatoms. The molecule has 0 aliphatic carbocycles. The van der Waals surface area contributed by atoms with Crippen LogP contribution in [0.4, 0.5) is 0 Å². The Bertz CT molecular complexity index is 410. The average molecular weight is 261 g/mol. The number of hydrogen-bond donors (Lipinski definition) is 2. The van der Waals surface area contributed by atoms with Crippen molar-refractivity contribution in [3.8, 4) is 0 Å². The largest absolute Gasteiger partial charge is 0.366 e. The molecule has 0 aromatic heterocycles. The van der Waals surface area contributed by atoms with Crippen LogP contribution in [0.15, 0.2) is 24.3 Å². The van der Waals surface area contributed by atoms with Gasteiger partial charge in [-0.25, -0.2) is 0 Å². The first-order chi connectivity index (χ1) is 9.15. The first kappa shape index (κ1) is 14.0. The summed E-state index contributed by atoms with van der Waals surface area (Å²) in [5.41, 5.74) is 7.01. The summed E-state index contributed by atoms with van der Waals surface area (Å²) in [7, 11) is 2.14. The predicted octanol–water partition coefficient (Wildman–Crippen LogP) is 1.36. The topological polar surface area (TPSA) is 58.4 Å². The number of hydrogen-bond acceptors (Lipinski definition) is 3. The molecule has 0 bridgehead atoms. The molecule has 1 aromatic carbocycles. The summed E-state index contributed by atoms with van der Waals surface area (Å²) in [5.74, 6) is -0.369. The highest BCUT2D eigenvalue weighted by molar-refractivity contribution is 5.92. The maximum absolute atomic E-state index is 11.0. The smallest absolute Gasteiger partial charge is 0.248 e. The zero-order valence-electron chi connectivity index (χ0n) is 11.6. The van der Waals surface area contributed by atoms with E-state index >= 15 is 0 Å². The SMILES string of the molecule is CN(Cc1ccc(C(N)=O)cc1)CC1CCCCN1. The summed E-state index contributed by atoms with van der Waals surface area (Å²) in [6.07, 6.45) is 3.90. The second-order valence-corrected chi connectivity index (χ2v) is 5.40. The third kappa shape index (κ3) is 4.33. The van der Waals surface area contributed by atoms with Gasteiger partial charge in [0.1, 0.15) is 0 Å². The number of rotatable bonds is 5. The van der Waals surface area contributed by atoms with Gasteiger partial charge < -0.3 is 16.0 Å². The zero-order chi connectivity index (χ0) is 13.7. The fourth-order valence-electron chi connectivity index (χ4n) is 2.61. The monoisotopic (exact) mass is 261 g/mol. The minimum Gasteiger partial charge on any atom is -0.366 e. The van der Waals surface area contributed by atoms with Gasteiger partial charge in [-0.2, -0.15) is 0 Å². The molecule has 104 valence electrons. The molecule has 0 spiro atoms. The highest BCUT2D eigenvalue weighted by Gasteiger charge is 2.14. The van der Waals surface area contributed by atoms with Gasteiger partial charge in [0.15, 0.2) is 0 Å². The van der Waals surface area contributed by atoms with Gasteiger partial charge in [-0.3, -0.25) is 4.79 Å². The van der Waals surface area contributed by atoms with E-state index < -0.39 is 0 Å². The van der Waals surface area contributed by atoms with Gasteiger partial charge in [0, 0.05) is 24.7 Å². The van der Waals surface area contributed by atoms with E-state index in [0.717, 1.165) is 19.6 Å². The van der Waals surface area contributed by atoms with Crippen molar-refractivity contribution in [3.63, 3.8) is 0 Å². The van der Waals surface area contributed by atoms with Crippen LogP contribution in [0.3, 0.4) is 0 Å². The number of nitrogens with zero attached hydrogens (tertiary/aromatic N) is 1. The van der Waals surface area contributed by atoms with Crippen LogP contribution >= 0.6 is 0 Å². The Hall–Kier alpha value is -1.39. The molecule has 1 aliphatic heterocycles. The molecule has 2 rings (SSSR count). The van der Waals surface area contributed by atoms with E-state index in [2.05, 4.69) is 17.3 Å². The van der Waals surface area contributed by atoms with E-state index in [1.807, 2.05) is 12.1 Å². The van der Waals surface area contributed by atoms with Crippen molar-refractivity contribution in [3.05, 3.63) is 35.4 Å². The number of benzene rings is 1. The molecule has 1 saturated heterocycles. The molecule has 0 saturated carbocycles. The van der Waals surface area contributed by atoms with Crippen LogP contribution in [-0.2, 0) is 6.54 Å². The number of carbonyl (C=O) groups excluding carboxylic acids is 1. The third-order valence-corrected chi connectivity index (χ3v) is 3.64. The second kappa shape index (κ2) is 6.68. The van der Waals surface area contributed by atoms with Crippen molar-refractivity contribution in [2.75, 3.05) is 20.1 Å². The van der Waals surface area contributed by atoms with E-state index in [1.165, 1.54) is 24.8 Å². The van der Waals surface area contributed by atoms with Crippen LogP contribution in [0.25, 0.3) is 0 Å². The Labute approximate surface area is 115 Å². The predicted molar refractivity (Wildman–Crippen MR) is 76.9 cm³/mol. The molecule has 19 heavy (non-hydrogen) atoms. The molecule has 0 radical (unpaired) electrons. The van der Waals surface area contributed by atoms with Crippen molar-refractivity contribution >= 4 is 5.91 Å². The minimum atomic E-state index is -0.369. The summed E-state index contributed by atoms with van der Waals surface area (Å²) in [5, 5.41) is 3.56. The van der Waals surface area contributed by atoms with Gasteiger partial charge in [-0.05, 0) is 44.1 Å². The summed E-state index contributed by atoms with van der Waals surface area (Å²) >= 11 is 0. The number of piperidine rings is 1. The van der Waals surface area contributed by atoms with Crippen LogP contribution in [-0.4, -0.2) is 37.0 Å². The lowest BCUT2D eigenvalue weighted by molar-refractivity contribution is 0.100. The normalized spacial score (nSPS) is 19.6. The minimum absolute atomic E-state index is 0.369. The molecule has 1 fully saturated rings. The number of nitrogens with two attached hydrogens (primary N) is 1. The van der Waals surface area contributed by atoms with Crippen LogP contribution in [0.2, 0.25) is 0 Å². The summed E-state index contributed by atoms with van der Waals surface area (Å²) in [4.78, 5) is 13.3. The summed E-state index contributed by atoms with van der Waals surface area (Å²) in [6, 6.07) is 8.16. The maximum atomic E-state index is 11.0. The Morgan fingerprint density at radius 1 is 1.37 bits per heavy atom. The van der Waals surface area contributed by atoms with Gasteiger partial charge in [-0.15, -0.1) is 0 Å². The van der Waals surface area contributed by atoms with Crippen molar-refractivity contribution in [1.82, 2.24) is 10.2 Å². The highest BCUT2D eigenvalue weighted by Crippen LogP contribution is 2.10. The highest BCUT2D eigenvalue weighted by atomic mass is 16.1. The van der Waals surface area contributed by atoms with E-state index in [0.29, 0.717) is 11.6 Å². The average Bonchev–Trinajstić information content (AvgIpc) is 2.40. The molecule has 1 aromatic rings. The van der Waals surface area contributed by atoms with Gasteiger partial charge in [0.05, 0.1) is 0 Å². The lowest BCUT2D eigenvalue weighted by Crippen LogP contribution is -2.42. The van der Waals surface area contributed by atoms with E-state index in [9.17, 15) is 4.79 Å². The fourth-order valence-corrected chi connectivity index (χ4v) is 2.61. The molecule has 1 unspecified atom stereocenters. The first-order valence-electron chi connectivity index (χ1n) is 6.96. The van der Waals surface area contributed by atoms with Gasteiger partial charge in [0.2, 0.25) is 5.91 Å². The lowest BCUT2D eigenvalue weighted by Gasteiger charge is -2.28. The first-order valence-corrected chi connectivity index (χ1v) is 6.96. The quantitative estimate of drug-likeness (QED) is 0.841. The van der Waals surface area contributed by atoms with Crippen LogP contribution in [0, 0.1) is 0 Å². The maximum Gasteiger partial charge on any atom is 0.248 e. The second-order valence-electron chi connectivity index (χ2n) is 5.40. The summed E-state index contributed by atoms with van der Waals surface area (Å²) < 4.78 is 0. The molecule has 1 heterocycles. The fraction of sp³-hybridized carbons (Fsp3) is 0.533. The summed E-state index contributed by atoms with van der Waals surface area (Å²) in [6.45, 7) is 3.11. The Morgan fingerprint density at radius 2 is 2.11 bits per heavy atom. The molecule has 4 nitrogen and oxygen atoms in total. The molecule has 3 N–H and O–H groups in total. The van der Waals surface area contributed by atoms with Gasteiger partial charge in [0.25, 0.3) is 0 Å². The molecular weight excluding hydrogens is 238 g/mol. The Morgan fingerprint density at radius 3 is 2.68 bits per heavy atom. The van der Waals surface area contributed by atoms with Crippen molar-refractivity contribution in [2.45, 2.75) is 31.8 Å². The van der Waals surface area contributed by atoms with E-state index in [-0.39, 0.29) is 5.91 Å². The van der Waals surface area contributed by atoms with Crippen molar-refractivity contribution < 1.29 is 4.79 Å². The standard InChI is InChI=1S/C15H23N3O/c1-18(11-14-4-2-3-9-17-14)10-12-5-7-13(8-6-12)15(16)19/h5-8,14,17H,2-4,9-11H2,1H3,(H2,16,19). The lowest BCUT2D eigenvalue weighted by atomic mass is 10.0. The van der Waals surface area contributed by atoms with E-state index in [4.69, 9.17) is 5.73 Å². The third-order valence-electron chi connectivity index (χ3n) is 3.64. The Kier molecular flexibility index (Phi) is 4.93. The van der Waals surface area contributed by atoms with Gasteiger partial charge in [-0.1, -0.05) is 18.6 Å². The number of primary amides is 1. The van der Waals surface area contributed by atoms with Crippen LogP contribution in [0.1, 0.15) is 35.2 Å². The van der Waals surface area contributed by atoms with Crippen LogP contribution in [0.5, 0.6) is 0 Å². The van der Waals surface area contributed by atoms with Gasteiger partial charge >= 0.3 is 0 Å². The molecular formula is C15H23N3O. The van der Waals surface area contributed by atoms with Crippen molar-refractivity contribution in [2.24, 2.45) is 5.73 Å². The number of carbonyl (C=O) groups is 1. The molecule has 1 aliphatic rings. The van der Waals surface area contributed by atoms with Crippen LogP contribution < -0.4 is 11.1 Å². The number of likely N-dealkylation sites (N-methyl/N-ethyl adjacent to an activating group) is 1. The molecule has 1 amide bonds. The Balaban J connectivity index is 1.83.